The van der Waals surface area contributed by atoms with Crippen LogP contribution < -0.4 is 10.9 Å². The maximum Gasteiger partial charge on any atom is 0.167 e. The van der Waals surface area contributed by atoms with Crippen LogP contribution in [0.25, 0.3) is 32.7 Å². The molecule has 0 spiro atoms. The number of phenolic OH excluding ortho intramolecular Hbond substituents is 6. The molecule has 290 valence electrons. The van der Waals surface area contributed by atoms with Crippen LogP contribution in [0, 0.1) is 13.8 Å². The lowest BCUT2D eigenvalue weighted by atomic mass is 9.83. The minimum Gasteiger partial charge on any atom is -0.507 e. The number of halogens is 2. The Labute approximate surface area is 335 Å². The van der Waals surface area contributed by atoms with Crippen LogP contribution in [0.5, 0.6) is 34.5 Å². The number of benzene rings is 6. The summed E-state index contributed by atoms with van der Waals surface area (Å²) < 4.78 is 0. The topological polar surface area (TPSA) is 170 Å². The van der Waals surface area contributed by atoms with Gasteiger partial charge in [0.1, 0.15) is 11.5 Å². The molecule has 8 N–H and O–H groups in total. The summed E-state index contributed by atoms with van der Waals surface area (Å²) in [6, 6.07) is 18.2. The lowest BCUT2D eigenvalue weighted by Crippen LogP contribution is -2.07. The molecule has 0 aliphatic heterocycles. The lowest BCUT2D eigenvalue weighted by molar-refractivity contribution is 0.398. The maximum atomic E-state index is 12.4. The van der Waals surface area contributed by atoms with Gasteiger partial charge in [0.05, 0.1) is 36.6 Å². The predicted octanol–water partition coefficient (Wildman–Crippen LogP) is 10.3. The Balaban J connectivity index is 1.58. The number of fused-ring (bicyclic) bond motifs is 2. The van der Waals surface area contributed by atoms with Gasteiger partial charge in [0.2, 0.25) is 0 Å². The fourth-order valence-corrected chi connectivity index (χ4v) is 7.79. The number of hydrogen-bond donors (Lipinski definition) is 8. The van der Waals surface area contributed by atoms with Crippen LogP contribution in [0.2, 0.25) is 10.0 Å². The first-order valence-electron chi connectivity index (χ1n) is 18.1. The van der Waals surface area contributed by atoms with E-state index in [2.05, 4.69) is 21.1 Å². The first-order valence-corrected chi connectivity index (χ1v) is 18.9. The number of hydrazone groups is 2. The quantitative estimate of drug-likeness (QED) is 0.0364. The predicted molar refractivity (Wildman–Crippen MR) is 226 cm³/mol. The second kappa shape index (κ2) is 16.1. The number of aromatic hydroxyl groups is 6. The van der Waals surface area contributed by atoms with Gasteiger partial charge in [-0.15, -0.1) is 0 Å². The van der Waals surface area contributed by atoms with Crippen molar-refractivity contribution in [1.82, 2.24) is 10.9 Å². The maximum absolute atomic E-state index is 12.4. The zero-order valence-electron chi connectivity index (χ0n) is 31.8. The number of aryl methyl sites for hydroxylation is 2. The second-order valence-corrected chi connectivity index (χ2v) is 15.2. The van der Waals surface area contributed by atoms with E-state index in [0.29, 0.717) is 43.1 Å². The standard InChI is InChI=1S/C44H44Cl2N4O6/c1-21(2)33-27-15-23(5)35(41(53)37(27)29(39(51)43(33)55)19-49-47-17-25-11-7-9-13-31(25)45)36-24(6)16-28-34(22(3)4)44(56)40(52)30(38(28)42(36)54)20-50-48-18-26-12-8-10-14-32(26)46/h7-16,19-22,47-48,51-56H,17-18H2,1-6H3/b49-19-,50-20-. The number of hydrogen-bond acceptors (Lipinski definition) is 10. The smallest absolute Gasteiger partial charge is 0.167 e. The molecule has 0 atom stereocenters. The number of phenols is 6. The van der Waals surface area contributed by atoms with Gasteiger partial charge < -0.3 is 41.5 Å². The summed E-state index contributed by atoms with van der Waals surface area (Å²) >= 11 is 12.6. The van der Waals surface area contributed by atoms with Crippen LogP contribution in [0.3, 0.4) is 0 Å². The molecule has 0 bridgehead atoms. The molecule has 0 amide bonds. The third kappa shape index (κ3) is 7.18. The van der Waals surface area contributed by atoms with E-state index in [-0.39, 0.29) is 80.9 Å². The van der Waals surface area contributed by atoms with Gasteiger partial charge in [0.25, 0.3) is 0 Å². The average Bonchev–Trinajstić information content (AvgIpc) is 3.14. The minimum atomic E-state index is -0.473. The average molecular weight is 796 g/mol. The molecule has 6 aromatic carbocycles. The molecule has 12 heteroatoms. The van der Waals surface area contributed by atoms with Gasteiger partial charge in [0.15, 0.2) is 23.0 Å². The minimum absolute atomic E-state index is 0.0484. The van der Waals surface area contributed by atoms with E-state index in [1.165, 1.54) is 12.4 Å². The molecule has 0 fully saturated rings. The lowest BCUT2D eigenvalue weighted by Gasteiger charge is -2.23. The number of nitrogens with zero attached hydrogens (tertiary/aromatic N) is 2. The van der Waals surface area contributed by atoms with Crippen LogP contribution in [0.15, 0.2) is 70.9 Å². The SMILES string of the molecule is Cc1cc2c(C(C)C)c(O)c(O)c(/C=N\NCc3ccccc3Cl)c2c(O)c1-c1c(C)cc2c(C(C)C)c(O)c(O)c(/C=N\NCc3ccccc3Cl)c2c1O. The van der Waals surface area contributed by atoms with Gasteiger partial charge in [-0.05, 0) is 70.8 Å². The normalized spacial score (nSPS) is 12.0. The first-order chi connectivity index (χ1) is 26.6. The first kappa shape index (κ1) is 39.8. The molecule has 0 saturated heterocycles. The zero-order valence-corrected chi connectivity index (χ0v) is 33.3. The summed E-state index contributed by atoms with van der Waals surface area (Å²) in [4.78, 5) is 0. The fraction of sp³-hybridized carbons (Fsp3) is 0.227. The highest BCUT2D eigenvalue weighted by atomic mass is 35.5. The van der Waals surface area contributed by atoms with Crippen molar-refractivity contribution in [3.8, 4) is 45.6 Å². The van der Waals surface area contributed by atoms with Gasteiger partial charge in [-0.2, -0.15) is 10.2 Å². The Morgan fingerprint density at radius 1 is 0.554 bits per heavy atom. The zero-order chi connectivity index (χ0) is 40.6. The van der Waals surface area contributed by atoms with E-state index in [9.17, 15) is 30.6 Å². The van der Waals surface area contributed by atoms with E-state index in [1.807, 2.05) is 64.1 Å². The van der Waals surface area contributed by atoms with Gasteiger partial charge in [0, 0.05) is 43.1 Å². The van der Waals surface area contributed by atoms with Crippen molar-refractivity contribution in [3.63, 3.8) is 0 Å². The highest BCUT2D eigenvalue weighted by molar-refractivity contribution is 6.31. The van der Waals surface area contributed by atoms with Crippen molar-refractivity contribution in [2.24, 2.45) is 10.2 Å². The molecular weight excluding hydrogens is 751 g/mol. The summed E-state index contributed by atoms with van der Waals surface area (Å²) in [5, 5.41) is 81.2. The summed E-state index contributed by atoms with van der Waals surface area (Å²) in [5.74, 6) is -2.67. The van der Waals surface area contributed by atoms with Gasteiger partial charge in [-0.25, -0.2) is 0 Å². The molecule has 0 aliphatic rings. The van der Waals surface area contributed by atoms with Crippen molar-refractivity contribution in [2.75, 3.05) is 0 Å². The molecular formula is C44H44Cl2N4O6. The molecule has 0 radical (unpaired) electrons. The Bertz CT molecular complexity index is 2390. The highest BCUT2D eigenvalue weighted by Crippen LogP contribution is 2.54. The van der Waals surface area contributed by atoms with Crippen LogP contribution in [-0.2, 0) is 13.1 Å². The third-order valence-corrected chi connectivity index (χ3v) is 10.8. The molecule has 6 aromatic rings. The fourth-order valence-electron chi connectivity index (χ4n) is 7.39. The second-order valence-electron chi connectivity index (χ2n) is 14.4. The summed E-state index contributed by atoms with van der Waals surface area (Å²) in [7, 11) is 0. The van der Waals surface area contributed by atoms with E-state index < -0.39 is 11.5 Å². The van der Waals surface area contributed by atoms with Gasteiger partial charge in [-0.3, -0.25) is 0 Å². The highest BCUT2D eigenvalue weighted by Gasteiger charge is 2.29. The summed E-state index contributed by atoms with van der Waals surface area (Å²) in [6.07, 6.45) is 2.65. The molecule has 6 rings (SSSR count). The van der Waals surface area contributed by atoms with Crippen LogP contribution in [0.4, 0.5) is 0 Å². The van der Waals surface area contributed by atoms with Crippen molar-refractivity contribution in [2.45, 2.75) is 66.5 Å². The van der Waals surface area contributed by atoms with Crippen molar-refractivity contribution < 1.29 is 30.6 Å². The van der Waals surface area contributed by atoms with Crippen molar-refractivity contribution in [3.05, 3.63) is 115 Å². The third-order valence-electron chi connectivity index (χ3n) is 10.0. The Morgan fingerprint density at radius 2 is 0.911 bits per heavy atom. The van der Waals surface area contributed by atoms with E-state index >= 15 is 0 Å². The number of rotatable bonds is 11. The Kier molecular flexibility index (Phi) is 11.5. The van der Waals surface area contributed by atoms with E-state index in [0.717, 1.165) is 11.1 Å². The molecule has 0 saturated carbocycles. The molecule has 0 unspecified atom stereocenters. The Hall–Kier alpha value is -5.84. The van der Waals surface area contributed by atoms with Gasteiger partial charge >= 0.3 is 0 Å². The van der Waals surface area contributed by atoms with Crippen LogP contribution in [-0.4, -0.2) is 43.1 Å². The van der Waals surface area contributed by atoms with Crippen LogP contribution in [0.1, 0.15) is 84.0 Å². The molecule has 0 heterocycles. The van der Waals surface area contributed by atoms with Gasteiger partial charge in [-0.1, -0.05) is 99.4 Å². The van der Waals surface area contributed by atoms with Crippen molar-refractivity contribution in [1.29, 1.82) is 0 Å². The van der Waals surface area contributed by atoms with Crippen molar-refractivity contribution >= 4 is 57.2 Å². The molecule has 0 aromatic heterocycles. The molecule has 56 heavy (non-hydrogen) atoms. The molecule has 0 aliphatic carbocycles. The summed E-state index contributed by atoms with van der Waals surface area (Å²) in [5.41, 5.74) is 10.0. The number of nitrogens with one attached hydrogen (secondary N) is 2. The van der Waals surface area contributed by atoms with E-state index in [4.69, 9.17) is 23.2 Å². The Morgan fingerprint density at radius 3 is 1.25 bits per heavy atom. The largest absolute Gasteiger partial charge is 0.507 e. The monoisotopic (exact) mass is 794 g/mol. The molecule has 10 nitrogen and oxygen atoms in total. The summed E-state index contributed by atoms with van der Waals surface area (Å²) in [6.45, 7) is 11.6. The van der Waals surface area contributed by atoms with E-state index in [1.54, 1.807) is 38.1 Å². The van der Waals surface area contributed by atoms with Crippen LogP contribution >= 0.6 is 23.2 Å².